The van der Waals surface area contributed by atoms with Crippen LogP contribution in [0.1, 0.15) is 13.8 Å². The Kier molecular flexibility index (Phi) is 3.42. The molecule has 0 aliphatic rings. The van der Waals surface area contributed by atoms with E-state index in [4.69, 9.17) is 4.84 Å². The van der Waals surface area contributed by atoms with Crippen molar-refractivity contribution in [2.45, 2.75) is 13.8 Å². The van der Waals surface area contributed by atoms with Crippen LogP contribution in [0.5, 0.6) is 0 Å². The molecule has 0 heterocycles. The van der Waals surface area contributed by atoms with E-state index in [1.807, 2.05) is 19.9 Å². The summed E-state index contributed by atoms with van der Waals surface area (Å²) in [6, 6.07) is 0. The minimum atomic E-state index is 0.891. The van der Waals surface area contributed by atoms with Crippen LogP contribution in [-0.2, 0) is 4.84 Å². The molecule has 0 aromatic rings. The third kappa shape index (κ3) is 3.33. The van der Waals surface area contributed by atoms with Gasteiger partial charge in [-0.15, -0.1) is 0 Å². The van der Waals surface area contributed by atoms with Gasteiger partial charge in [0.25, 0.3) is 0 Å². The minimum Gasteiger partial charge on any atom is -0.414 e. The number of allylic oxidation sites excluding steroid dienone is 2. The van der Waals surface area contributed by atoms with Gasteiger partial charge in [0.1, 0.15) is 5.76 Å². The summed E-state index contributed by atoms with van der Waals surface area (Å²) in [5.41, 5.74) is 2.55. The van der Waals surface area contributed by atoms with Gasteiger partial charge in [0.2, 0.25) is 0 Å². The van der Waals surface area contributed by atoms with Crippen molar-refractivity contribution >= 4 is 0 Å². The van der Waals surface area contributed by atoms with E-state index in [0.29, 0.717) is 0 Å². The molecule has 42 valence electrons. The van der Waals surface area contributed by atoms with Gasteiger partial charge < -0.3 is 4.84 Å². The molecule has 7 heavy (non-hydrogen) atoms. The molecule has 0 spiro atoms. The van der Waals surface area contributed by atoms with Crippen LogP contribution in [0, 0.1) is 0 Å². The fourth-order valence-corrected chi connectivity index (χ4v) is 0.220. The van der Waals surface area contributed by atoms with Gasteiger partial charge in [0, 0.05) is 7.05 Å². The summed E-state index contributed by atoms with van der Waals surface area (Å²) < 4.78 is 0. The van der Waals surface area contributed by atoms with Crippen LogP contribution in [0.15, 0.2) is 11.8 Å². The van der Waals surface area contributed by atoms with E-state index in [2.05, 4.69) is 5.48 Å². The van der Waals surface area contributed by atoms with Gasteiger partial charge in [-0.1, -0.05) is 0 Å². The normalized spacial score (nSPS) is 11.6. The maximum atomic E-state index is 4.80. The van der Waals surface area contributed by atoms with Crippen molar-refractivity contribution in [1.29, 1.82) is 0 Å². The molecule has 0 fully saturated rings. The first-order chi connectivity index (χ1) is 3.31. The average Bonchev–Trinajstić information content (AvgIpc) is 1.68. The first-order valence-electron chi connectivity index (χ1n) is 2.27. The number of nitrogens with one attached hydrogen (secondary N) is 1. The van der Waals surface area contributed by atoms with Crippen LogP contribution in [0.25, 0.3) is 0 Å². The molecule has 0 rings (SSSR count). The van der Waals surface area contributed by atoms with Crippen molar-refractivity contribution < 1.29 is 4.84 Å². The molecule has 0 saturated carbocycles. The standard InChI is InChI=1S/C5H11NO/c1-4-5(2)7-6-3/h4,6H,1-3H3/b5-4-. The predicted octanol–water partition coefficient (Wildman–Crippen LogP) is 1.06. The van der Waals surface area contributed by atoms with Gasteiger partial charge in [0.15, 0.2) is 0 Å². The van der Waals surface area contributed by atoms with E-state index in [-0.39, 0.29) is 0 Å². The van der Waals surface area contributed by atoms with Crippen LogP contribution in [-0.4, -0.2) is 7.05 Å². The number of rotatable bonds is 2. The second-order valence-electron chi connectivity index (χ2n) is 1.21. The fraction of sp³-hybridized carbons (Fsp3) is 0.600. The van der Waals surface area contributed by atoms with E-state index >= 15 is 0 Å². The molecule has 1 N–H and O–H groups in total. The zero-order valence-corrected chi connectivity index (χ0v) is 4.99. The highest BCUT2D eigenvalue weighted by molar-refractivity contribution is 4.82. The molecular weight excluding hydrogens is 90.1 g/mol. The molecule has 0 bridgehead atoms. The van der Waals surface area contributed by atoms with E-state index in [1.54, 1.807) is 7.05 Å². The van der Waals surface area contributed by atoms with Gasteiger partial charge >= 0.3 is 0 Å². The molecule has 0 aliphatic carbocycles. The van der Waals surface area contributed by atoms with Crippen molar-refractivity contribution in [3.8, 4) is 0 Å². The van der Waals surface area contributed by atoms with Gasteiger partial charge in [-0.05, 0) is 19.9 Å². The Morgan fingerprint density at radius 2 is 2.29 bits per heavy atom. The molecule has 2 heteroatoms. The summed E-state index contributed by atoms with van der Waals surface area (Å²) in [5.74, 6) is 0.891. The molecule has 0 atom stereocenters. The van der Waals surface area contributed by atoms with Crippen LogP contribution in [0.2, 0.25) is 0 Å². The van der Waals surface area contributed by atoms with Gasteiger partial charge in [0.05, 0.1) is 0 Å². The second-order valence-corrected chi connectivity index (χ2v) is 1.21. The van der Waals surface area contributed by atoms with Crippen LogP contribution >= 0.6 is 0 Å². The van der Waals surface area contributed by atoms with Crippen molar-refractivity contribution in [2.24, 2.45) is 0 Å². The first-order valence-corrected chi connectivity index (χ1v) is 2.27. The van der Waals surface area contributed by atoms with Crippen molar-refractivity contribution in [1.82, 2.24) is 5.48 Å². The predicted molar refractivity (Wildman–Crippen MR) is 29.6 cm³/mol. The minimum absolute atomic E-state index is 0.891. The summed E-state index contributed by atoms with van der Waals surface area (Å²) in [6.45, 7) is 3.81. The lowest BCUT2D eigenvalue weighted by Gasteiger charge is -1.98. The smallest absolute Gasteiger partial charge is 0.116 e. The molecule has 0 aromatic carbocycles. The quantitative estimate of drug-likeness (QED) is 0.415. The third-order valence-electron chi connectivity index (χ3n) is 0.670. The summed E-state index contributed by atoms with van der Waals surface area (Å²) in [7, 11) is 1.73. The molecule has 0 saturated heterocycles. The topological polar surface area (TPSA) is 21.3 Å². The Labute approximate surface area is 44.1 Å². The maximum absolute atomic E-state index is 4.80. The Hall–Kier alpha value is -0.500. The highest BCUT2D eigenvalue weighted by atomic mass is 16.6. The highest BCUT2D eigenvalue weighted by Crippen LogP contribution is 1.87. The summed E-state index contributed by atoms with van der Waals surface area (Å²) in [5, 5.41) is 0. The lowest BCUT2D eigenvalue weighted by Crippen LogP contribution is -2.04. The van der Waals surface area contributed by atoms with E-state index in [1.165, 1.54) is 0 Å². The van der Waals surface area contributed by atoms with E-state index in [0.717, 1.165) is 5.76 Å². The number of hydrogen-bond donors (Lipinski definition) is 1. The SMILES string of the molecule is C/C=C(/C)ONC. The lowest BCUT2D eigenvalue weighted by atomic mass is 10.5. The number of hydrogen-bond acceptors (Lipinski definition) is 2. The molecular formula is C5H11NO. The van der Waals surface area contributed by atoms with Gasteiger partial charge in [-0.2, -0.15) is 5.48 Å². The van der Waals surface area contributed by atoms with Crippen molar-refractivity contribution in [3.63, 3.8) is 0 Å². The number of hydroxylamine groups is 1. The van der Waals surface area contributed by atoms with Crippen LogP contribution < -0.4 is 5.48 Å². The Morgan fingerprint density at radius 3 is 2.43 bits per heavy atom. The highest BCUT2D eigenvalue weighted by Gasteiger charge is 1.77. The molecule has 0 radical (unpaired) electrons. The van der Waals surface area contributed by atoms with Crippen molar-refractivity contribution in [2.75, 3.05) is 7.05 Å². The third-order valence-corrected chi connectivity index (χ3v) is 0.670. The monoisotopic (exact) mass is 101 g/mol. The fourth-order valence-electron chi connectivity index (χ4n) is 0.220. The van der Waals surface area contributed by atoms with E-state index in [9.17, 15) is 0 Å². The Balaban J connectivity index is 3.17. The van der Waals surface area contributed by atoms with Crippen LogP contribution in [0.3, 0.4) is 0 Å². The maximum Gasteiger partial charge on any atom is 0.116 e. The summed E-state index contributed by atoms with van der Waals surface area (Å²) >= 11 is 0. The summed E-state index contributed by atoms with van der Waals surface area (Å²) in [4.78, 5) is 4.80. The first kappa shape index (κ1) is 6.50. The van der Waals surface area contributed by atoms with E-state index < -0.39 is 0 Å². The second kappa shape index (κ2) is 3.68. The zero-order valence-electron chi connectivity index (χ0n) is 4.99. The molecule has 2 nitrogen and oxygen atoms in total. The average molecular weight is 101 g/mol. The Bertz CT molecular complexity index is 68.5. The largest absolute Gasteiger partial charge is 0.414 e. The molecule has 0 unspecified atom stereocenters. The molecule has 0 aromatic heterocycles. The van der Waals surface area contributed by atoms with Crippen molar-refractivity contribution in [3.05, 3.63) is 11.8 Å². The lowest BCUT2D eigenvalue weighted by molar-refractivity contribution is 0.128. The zero-order chi connectivity index (χ0) is 5.70. The molecule has 0 aliphatic heterocycles. The summed E-state index contributed by atoms with van der Waals surface area (Å²) in [6.07, 6.45) is 1.89. The Morgan fingerprint density at radius 1 is 1.71 bits per heavy atom. The molecule has 0 amide bonds. The van der Waals surface area contributed by atoms with Gasteiger partial charge in [-0.3, -0.25) is 0 Å². The van der Waals surface area contributed by atoms with Crippen LogP contribution in [0.4, 0.5) is 0 Å². The van der Waals surface area contributed by atoms with Gasteiger partial charge in [-0.25, -0.2) is 0 Å².